The first-order valence-electron chi connectivity index (χ1n) is 13.7. The molecule has 3 rings (SSSR count). The maximum absolute atomic E-state index is 14.1. The summed E-state index contributed by atoms with van der Waals surface area (Å²) in [5.41, 5.74) is 1.85. The summed E-state index contributed by atoms with van der Waals surface area (Å²) >= 11 is 0. The van der Waals surface area contributed by atoms with Gasteiger partial charge in [0.1, 0.15) is 18.4 Å². The van der Waals surface area contributed by atoms with E-state index in [2.05, 4.69) is 5.32 Å². The number of carbonyl (C=O) groups excluding carboxylic acids is 2. The average molecular weight is 600 g/mol. The molecule has 0 aliphatic heterocycles. The van der Waals surface area contributed by atoms with E-state index in [0.717, 1.165) is 34.0 Å². The number of anilines is 1. The van der Waals surface area contributed by atoms with Crippen LogP contribution in [0.15, 0.2) is 71.6 Å². The Balaban J connectivity index is 2.09. The summed E-state index contributed by atoms with van der Waals surface area (Å²) in [6.07, 6.45) is 1.03. The first-order chi connectivity index (χ1) is 20.0. The monoisotopic (exact) mass is 599 g/mol. The molecule has 0 radical (unpaired) electrons. The second-order valence-corrected chi connectivity index (χ2v) is 11.6. The van der Waals surface area contributed by atoms with E-state index in [4.69, 9.17) is 9.47 Å². The van der Waals surface area contributed by atoms with Crippen LogP contribution in [0.5, 0.6) is 11.5 Å². The van der Waals surface area contributed by atoms with Gasteiger partial charge in [-0.2, -0.15) is 0 Å². The van der Waals surface area contributed by atoms with E-state index in [9.17, 15) is 22.4 Å². The summed E-state index contributed by atoms with van der Waals surface area (Å²) in [7, 11) is -1.56. The van der Waals surface area contributed by atoms with Gasteiger partial charge in [-0.15, -0.1) is 0 Å². The van der Waals surface area contributed by atoms with Gasteiger partial charge in [-0.05, 0) is 61.7 Å². The number of halogens is 1. The minimum atomic E-state index is -4.37. The number of aryl methyl sites for hydroxylation is 1. The summed E-state index contributed by atoms with van der Waals surface area (Å²) in [4.78, 5) is 28.5. The van der Waals surface area contributed by atoms with Gasteiger partial charge in [-0.25, -0.2) is 12.8 Å². The standard InChI is InChI=1S/C31H38FN3O6S/c1-6-17-33-31(37)27(7-2)34(20-23-10-8-9-22(3)18-23)30(36)21-35(25-13-11-24(32)12-14-25)42(38,39)26-15-16-28(40-4)29(19-26)41-5/h8-16,18-19,27H,6-7,17,20-21H2,1-5H3,(H,33,37)/t27-/m0/s1. The molecule has 0 aromatic heterocycles. The second-order valence-electron chi connectivity index (χ2n) is 9.73. The largest absolute Gasteiger partial charge is 0.493 e. The predicted molar refractivity (Wildman–Crippen MR) is 160 cm³/mol. The average Bonchev–Trinajstić information content (AvgIpc) is 2.98. The molecule has 0 aliphatic rings. The molecule has 0 unspecified atom stereocenters. The number of hydrogen-bond acceptors (Lipinski definition) is 6. The van der Waals surface area contributed by atoms with E-state index in [1.165, 1.54) is 49.5 Å². The molecule has 9 nitrogen and oxygen atoms in total. The highest BCUT2D eigenvalue weighted by Gasteiger charge is 2.34. The number of nitrogens with one attached hydrogen (secondary N) is 1. The van der Waals surface area contributed by atoms with E-state index >= 15 is 0 Å². The summed E-state index contributed by atoms with van der Waals surface area (Å²) in [5.74, 6) is -0.967. The Morgan fingerprint density at radius 1 is 0.952 bits per heavy atom. The highest BCUT2D eigenvalue weighted by atomic mass is 32.2. The molecule has 0 bridgehead atoms. The van der Waals surface area contributed by atoms with E-state index in [1.807, 2.05) is 38.1 Å². The number of rotatable bonds is 14. The Morgan fingerprint density at radius 3 is 2.24 bits per heavy atom. The number of ether oxygens (including phenoxy) is 2. The topological polar surface area (TPSA) is 105 Å². The second kappa shape index (κ2) is 14.7. The fourth-order valence-corrected chi connectivity index (χ4v) is 5.96. The van der Waals surface area contributed by atoms with E-state index in [1.54, 1.807) is 6.92 Å². The Bertz CT molecular complexity index is 1480. The molecular formula is C31H38FN3O6S. The first-order valence-corrected chi connectivity index (χ1v) is 15.1. The van der Waals surface area contributed by atoms with Gasteiger partial charge >= 0.3 is 0 Å². The van der Waals surface area contributed by atoms with Crippen LogP contribution in [0.3, 0.4) is 0 Å². The van der Waals surface area contributed by atoms with Gasteiger partial charge < -0.3 is 19.7 Å². The number of sulfonamides is 1. The minimum Gasteiger partial charge on any atom is -0.493 e. The molecule has 0 heterocycles. The molecule has 11 heteroatoms. The molecule has 226 valence electrons. The third kappa shape index (κ3) is 7.79. The van der Waals surface area contributed by atoms with Crippen LogP contribution in [-0.4, -0.2) is 58.5 Å². The Hall–Kier alpha value is -4.12. The lowest BCUT2D eigenvalue weighted by molar-refractivity contribution is -0.140. The predicted octanol–water partition coefficient (Wildman–Crippen LogP) is 4.68. The lowest BCUT2D eigenvalue weighted by Crippen LogP contribution is -2.52. The smallest absolute Gasteiger partial charge is 0.264 e. The quantitative estimate of drug-likeness (QED) is 0.289. The zero-order valence-corrected chi connectivity index (χ0v) is 25.4. The highest BCUT2D eigenvalue weighted by Crippen LogP contribution is 2.32. The number of nitrogens with zero attached hydrogens (tertiary/aromatic N) is 2. The summed E-state index contributed by atoms with van der Waals surface area (Å²) in [5, 5.41) is 2.85. The minimum absolute atomic E-state index is 0.0820. The van der Waals surface area contributed by atoms with Crippen molar-refractivity contribution in [1.29, 1.82) is 0 Å². The van der Waals surface area contributed by atoms with Crippen LogP contribution in [0, 0.1) is 12.7 Å². The van der Waals surface area contributed by atoms with E-state index < -0.39 is 34.3 Å². The number of benzene rings is 3. The van der Waals surface area contributed by atoms with Crippen LogP contribution < -0.4 is 19.1 Å². The van der Waals surface area contributed by atoms with Gasteiger partial charge in [0.15, 0.2) is 11.5 Å². The summed E-state index contributed by atoms with van der Waals surface area (Å²) < 4.78 is 53.4. The van der Waals surface area contributed by atoms with Gasteiger partial charge in [0.05, 0.1) is 24.8 Å². The number of carbonyl (C=O) groups is 2. The maximum Gasteiger partial charge on any atom is 0.264 e. The number of methoxy groups -OCH3 is 2. The molecule has 0 fully saturated rings. The van der Waals surface area contributed by atoms with Crippen molar-refractivity contribution in [3.05, 3.63) is 83.7 Å². The van der Waals surface area contributed by atoms with E-state index in [-0.39, 0.29) is 28.8 Å². The van der Waals surface area contributed by atoms with Crippen LogP contribution in [-0.2, 0) is 26.2 Å². The van der Waals surface area contributed by atoms with Crippen molar-refractivity contribution in [1.82, 2.24) is 10.2 Å². The number of amides is 2. The lowest BCUT2D eigenvalue weighted by Gasteiger charge is -2.33. The van der Waals surface area contributed by atoms with Crippen molar-refractivity contribution in [3.8, 4) is 11.5 Å². The zero-order chi connectivity index (χ0) is 30.9. The van der Waals surface area contributed by atoms with Crippen LogP contribution >= 0.6 is 0 Å². The van der Waals surface area contributed by atoms with Gasteiger partial charge in [0, 0.05) is 19.2 Å². The Morgan fingerprint density at radius 2 is 1.64 bits per heavy atom. The third-order valence-corrected chi connectivity index (χ3v) is 8.48. The Kier molecular flexibility index (Phi) is 11.3. The first kappa shape index (κ1) is 32.4. The van der Waals surface area contributed by atoms with Crippen molar-refractivity contribution >= 4 is 27.5 Å². The van der Waals surface area contributed by atoms with Crippen molar-refractivity contribution in [2.45, 2.75) is 51.1 Å². The Labute approximate surface area is 247 Å². The van der Waals surface area contributed by atoms with Crippen molar-refractivity contribution in [2.24, 2.45) is 0 Å². The molecule has 0 saturated carbocycles. The molecule has 2 amide bonds. The van der Waals surface area contributed by atoms with Crippen molar-refractivity contribution < 1.29 is 31.9 Å². The molecular weight excluding hydrogens is 561 g/mol. The lowest BCUT2D eigenvalue weighted by atomic mass is 10.1. The van der Waals surface area contributed by atoms with Gasteiger partial charge in [-0.1, -0.05) is 43.7 Å². The van der Waals surface area contributed by atoms with Gasteiger partial charge in [-0.3, -0.25) is 13.9 Å². The molecule has 0 spiro atoms. The van der Waals surface area contributed by atoms with E-state index in [0.29, 0.717) is 18.7 Å². The SMILES string of the molecule is CCCNC(=O)[C@H](CC)N(Cc1cccc(C)c1)C(=O)CN(c1ccc(F)cc1)S(=O)(=O)c1ccc(OC)c(OC)c1. The molecule has 0 aliphatic carbocycles. The van der Waals surface area contributed by atoms with Crippen LogP contribution in [0.2, 0.25) is 0 Å². The molecule has 1 N–H and O–H groups in total. The van der Waals surface area contributed by atoms with Crippen LogP contribution in [0.1, 0.15) is 37.8 Å². The molecule has 1 atom stereocenters. The zero-order valence-electron chi connectivity index (χ0n) is 24.6. The van der Waals surface area contributed by atoms with Crippen LogP contribution in [0.25, 0.3) is 0 Å². The van der Waals surface area contributed by atoms with Crippen molar-refractivity contribution in [2.75, 3.05) is 31.6 Å². The summed E-state index contributed by atoms with van der Waals surface area (Å²) in [6, 6.07) is 15.6. The summed E-state index contributed by atoms with van der Waals surface area (Å²) in [6.45, 7) is 5.54. The van der Waals surface area contributed by atoms with Crippen molar-refractivity contribution in [3.63, 3.8) is 0 Å². The normalized spacial score (nSPS) is 11.9. The molecule has 3 aromatic rings. The maximum atomic E-state index is 14.1. The highest BCUT2D eigenvalue weighted by molar-refractivity contribution is 7.92. The molecule has 0 saturated heterocycles. The van der Waals surface area contributed by atoms with Crippen LogP contribution in [0.4, 0.5) is 10.1 Å². The molecule has 42 heavy (non-hydrogen) atoms. The van der Waals surface area contributed by atoms with Gasteiger partial charge in [0.25, 0.3) is 10.0 Å². The fraction of sp³-hybridized carbons (Fsp3) is 0.355. The molecule has 3 aromatic carbocycles. The third-order valence-electron chi connectivity index (χ3n) is 6.71. The number of hydrogen-bond donors (Lipinski definition) is 1. The van der Waals surface area contributed by atoms with Gasteiger partial charge in [0.2, 0.25) is 11.8 Å². The fourth-order valence-electron chi connectivity index (χ4n) is 4.53.